The van der Waals surface area contributed by atoms with Gasteiger partial charge in [0.25, 0.3) is 5.56 Å². The number of fused-ring (bicyclic) bond motifs is 1. The summed E-state index contributed by atoms with van der Waals surface area (Å²) < 4.78 is 38.6. The van der Waals surface area contributed by atoms with Crippen molar-refractivity contribution in [2.75, 3.05) is 7.11 Å². The highest BCUT2D eigenvalue weighted by Gasteiger charge is 2.24. The number of rotatable bonds is 6. The fourth-order valence-corrected chi connectivity index (χ4v) is 4.40. The van der Waals surface area contributed by atoms with Gasteiger partial charge in [-0.3, -0.25) is 9.20 Å². The van der Waals surface area contributed by atoms with Gasteiger partial charge in [0.2, 0.25) is 15.7 Å². The smallest absolute Gasteiger partial charge is 0.269 e. The van der Waals surface area contributed by atoms with Gasteiger partial charge < -0.3 is 9.47 Å². The number of nitriles is 1. The van der Waals surface area contributed by atoms with Gasteiger partial charge in [-0.1, -0.05) is 29.8 Å². The topological polar surface area (TPSA) is 111 Å². The van der Waals surface area contributed by atoms with Crippen LogP contribution in [0.25, 0.3) is 11.7 Å². The molecule has 0 amide bonds. The van der Waals surface area contributed by atoms with Gasteiger partial charge in [0, 0.05) is 11.2 Å². The normalized spacial score (nSPS) is 11.7. The van der Waals surface area contributed by atoms with Gasteiger partial charge in [-0.05, 0) is 54.6 Å². The summed E-state index contributed by atoms with van der Waals surface area (Å²) in [7, 11) is -2.80. The van der Waals surface area contributed by atoms with E-state index in [1.165, 1.54) is 42.0 Å². The number of para-hydroxylation sites is 2. The minimum Gasteiger partial charge on any atom is -0.493 e. The minimum absolute atomic E-state index is 0.147. The zero-order valence-electron chi connectivity index (χ0n) is 17.7. The second kappa shape index (κ2) is 9.39. The Morgan fingerprint density at radius 1 is 1.06 bits per heavy atom. The van der Waals surface area contributed by atoms with Crippen LogP contribution in [0.2, 0.25) is 5.02 Å². The first-order chi connectivity index (χ1) is 16.3. The predicted octanol–water partition coefficient (Wildman–Crippen LogP) is 4.49. The number of allylic oxidation sites excluding steroid dienone is 1. The van der Waals surface area contributed by atoms with Crippen molar-refractivity contribution < 1.29 is 17.9 Å². The highest BCUT2D eigenvalue weighted by atomic mass is 35.5. The van der Waals surface area contributed by atoms with E-state index in [1.54, 1.807) is 48.5 Å². The molecule has 2 aromatic heterocycles. The Labute approximate surface area is 199 Å². The molecular weight excluding hydrogens is 478 g/mol. The summed E-state index contributed by atoms with van der Waals surface area (Å²) in [5.74, 6) is 0.451. The molecule has 34 heavy (non-hydrogen) atoms. The number of nitrogens with zero attached hydrogens (tertiary/aromatic N) is 3. The fraction of sp³-hybridized carbons (Fsp3) is 0.0417. The van der Waals surface area contributed by atoms with Crippen molar-refractivity contribution >= 4 is 33.2 Å². The molecule has 2 aromatic carbocycles. The summed E-state index contributed by atoms with van der Waals surface area (Å²) >= 11 is 5.85. The van der Waals surface area contributed by atoms with E-state index in [0.29, 0.717) is 10.8 Å². The van der Waals surface area contributed by atoms with Crippen LogP contribution in [0.4, 0.5) is 0 Å². The molecule has 0 aliphatic heterocycles. The van der Waals surface area contributed by atoms with E-state index < -0.39 is 20.3 Å². The highest BCUT2D eigenvalue weighted by molar-refractivity contribution is 7.95. The van der Waals surface area contributed by atoms with E-state index in [0.717, 1.165) is 6.08 Å². The third-order valence-electron chi connectivity index (χ3n) is 4.81. The number of halogens is 1. The molecule has 0 spiro atoms. The van der Waals surface area contributed by atoms with E-state index in [2.05, 4.69) is 4.98 Å². The Balaban J connectivity index is 1.94. The molecular formula is C24H16ClN3O5S. The number of ether oxygens (including phenoxy) is 2. The van der Waals surface area contributed by atoms with Crippen molar-refractivity contribution in [1.82, 2.24) is 9.38 Å². The lowest BCUT2D eigenvalue weighted by molar-refractivity contribution is 0.374. The van der Waals surface area contributed by atoms with Gasteiger partial charge in [-0.15, -0.1) is 0 Å². The van der Waals surface area contributed by atoms with Crippen LogP contribution < -0.4 is 15.0 Å². The Hall–Kier alpha value is -4.13. The molecule has 0 unspecified atom stereocenters. The monoisotopic (exact) mass is 493 g/mol. The molecule has 4 rings (SSSR count). The van der Waals surface area contributed by atoms with Crippen LogP contribution >= 0.6 is 11.6 Å². The number of benzene rings is 2. The fourth-order valence-electron chi connectivity index (χ4n) is 3.13. The minimum atomic E-state index is -4.25. The molecule has 0 bridgehead atoms. The first-order valence-corrected chi connectivity index (χ1v) is 11.7. The molecule has 0 fully saturated rings. The van der Waals surface area contributed by atoms with E-state index in [1.807, 2.05) is 0 Å². The van der Waals surface area contributed by atoms with Crippen molar-refractivity contribution in [3.8, 4) is 23.4 Å². The Morgan fingerprint density at radius 3 is 2.41 bits per heavy atom. The van der Waals surface area contributed by atoms with Crippen molar-refractivity contribution in [2.45, 2.75) is 4.90 Å². The van der Waals surface area contributed by atoms with E-state index in [4.69, 9.17) is 21.1 Å². The van der Waals surface area contributed by atoms with Crippen LogP contribution in [-0.4, -0.2) is 24.9 Å². The van der Waals surface area contributed by atoms with Crippen LogP contribution in [0.5, 0.6) is 17.4 Å². The number of hydrogen-bond acceptors (Lipinski definition) is 7. The first kappa shape index (κ1) is 23.0. The molecule has 0 aliphatic rings. The lowest BCUT2D eigenvalue weighted by Gasteiger charge is -2.12. The van der Waals surface area contributed by atoms with Crippen LogP contribution in [0, 0.1) is 11.3 Å². The van der Waals surface area contributed by atoms with Crippen molar-refractivity contribution in [1.29, 1.82) is 5.26 Å². The van der Waals surface area contributed by atoms with Crippen LogP contribution in [0.15, 0.2) is 87.5 Å². The Morgan fingerprint density at radius 2 is 1.74 bits per heavy atom. The van der Waals surface area contributed by atoms with Gasteiger partial charge in [-0.25, -0.2) is 8.42 Å². The zero-order valence-corrected chi connectivity index (χ0v) is 19.2. The van der Waals surface area contributed by atoms with Crippen LogP contribution in [-0.2, 0) is 9.84 Å². The predicted molar refractivity (Wildman–Crippen MR) is 127 cm³/mol. The van der Waals surface area contributed by atoms with Gasteiger partial charge in [-0.2, -0.15) is 10.2 Å². The Bertz CT molecular complexity index is 1620. The summed E-state index contributed by atoms with van der Waals surface area (Å²) in [5.41, 5.74) is -0.563. The highest BCUT2D eigenvalue weighted by Crippen LogP contribution is 2.32. The van der Waals surface area contributed by atoms with Gasteiger partial charge in [0.1, 0.15) is 22.2 Å². The number of hydrogen-bond donors (Lipinski definition) is 0. The molecule has 0 saturated carbocycles. The second-order valence-electron chi connectivity index (χ2n) is 6.90. The summed E-state index contributed by atoms with van der Waals surface area (Å²) in [5, 5.41) is 10.0. The average Bonchev–Trinajstić information content (AvgIpc) is 2.84. The molecule has 0 radical (unpaired) electrons. The molecule has 0 aliphatic carbocycles. The summed E-state index contributed by atoms with van der Waals surface area (Å²) in [6.07, 6.45) is 2.44. The van der Waals surface area contributed by atoms with Gasteiger partial charge in [0.15, 0.2) is 11.5 Å². The molecule has 0 N–H and O–H groups in total. The number of sulfone groups is 1. The summed E-state index contributed by atoms with van der Waals surface area (Å²) in [4.78, 5) is 16.9. The van der Waals surface area contributed by atoms with Crippen LogP contribution in [0.3, 0.4) is 0 Å². The molecule has 8 nitrogen and oxygen atoms in total. The molecule has 2 heterocycles. The van der Waals surface area contributed by atoms with Crippen LogP contribution in [0.1, 0.15) is 5.56 Å². The lowest BCUT2D eigenvalue weighted by atomic mass is 10.2. The van der Waals surface area contributed by atoms with E-state index >= 15 is 0 Å². The van der Waals surface area contributed by atoms with Crippen molar-refractivity contribution in [3.05, 3.63) is 98.8 Å². The summed E-state index contributed by atoms with van der Waals surface area (Å²) in [6.45, 7) is 0. The SMILES string of the molecule is COc1ccccc1Oc1nc2ccccn2c(=O)c1/C=C(/C#N)S(=O)(=O)c1ccc(Cl)cc1. The van der Waals surface area contributed by atoms with E-state index in [-0.39, 0.29) is 27.7 Å². The maximum atomic E-state index is 13.3. The zero-order chi connectivity index (χ0) is 24.3. The van der Waals surface area contributed by atoms with Gasteiger partial charge in [0.05, 0.1) is 12.0 Å². The van der Waals surface area contributed by atoms with Crippen molar-refractivity contribution in [3.63, 3.8) is 0 Å². The number of aromatic nitrogens is 2. The molecule has 170 valence electrons. The summed E-state index contributed by atoms with van der Waals surface area (Å²) in [6, 6.07) is 18.6. The lowest BCUT2D eigenvalue weighted by Crippen LogP contribution is -2.19. The number of methoxy groups -OCH3 is 1. The maximum Gasteiger partial charge on any atom is 0.269 e. The van der Waals surface area contributed by atoms with E-state index in [9.17, 15) is 18.5 Å². The third-order valence-corrected chi connectivity index (χ3v) is 6.74. The third kappa shape index (κ3) is 4.37. The standard InChI is InChI=1S/C24H16ClN3O5S/c1-32-20-6-2-3-7-21(20)33-23-19(24(29)28-13-5-4-8-22(28)27-23)14-18(15-26)34(30,31)17-11-9-16(25)10-12-17/h2-14H,1H3/b18-14-. The molecule has 0 saturated heterocycles. The maximum absolute atomic E-state index is 13.3. The molecule has 0 atom stereocenters. The Kier molecular flexibility index (Phi) is 6.36. The quantitative estimate of drug-likeness (QED) is 0.364. The molecule has 4 aromatic rings. The van der Waals surface area contributed by atoms with Gasteiger partial charge >= 0.3 is 0 Å². The largest absolute Gasteiger partial charge is 0.493 e. The van der Waals surface area contributed by atoms with Crippen molar-refractivity contribution in [2.24, 2.45) is 0 Å². The second-order valence-corrected chi connectivity index (χ2v) is 9.25. The molecule has 10 heteroatoms. The number of pyridine rings is 1. The first-order valence-electron chi connectivity index (χ1n) is 9.80. The average molecular weight is 494 g/mol.